The number of carbonyl (C=O) groups is 2. The van der Waals surface area contributed by atoms with Crippen LogP contribution in [0.5, 0.6) is 5.88 Å². The zero-order valence-electron chi connectivity index (χ0n) is 24.5. The topological polar surface area (TPSA) is 115 Å². The van der Waals surface area contributed by atoms with E-state index in [0.717, 1.165) is 31.5 Å². The summed E-state index contributed by atoms with van der Waals surface area (Å²) in [6.45, 7) is 9.36. The molecule has 42 heavy (non-hydrogen) atoms. The van der Waals surface area contributed by atoms with Crippen LogP contribution in [0.2, 0.25) is 0 Å². The minimum absolute atomic E-state index is 0.110. The molecule has 0 radical (unpaired) electrons. The summed E-state index contributed by atoms with van der Waals surface area (Å²) < 4.78 is 13.4. The van der Waals surface area contributed by atoms with Crippen LogP contribution in [-0.4, -0.2) is 99.7 Å². The van der Waals surface area contributed by atoms with Crippen molar-refractivity contribution in [1.29, 1.82) is 0 Å². The lowest BCUT2D eigenvalue weighted by molar-refractivity contribution is -0.134. The van der Waals surface area contributed by atoms with Gasteiger partial charge < -0.3 is 19.7 Å². The van der Waals surface area contributed by atoms with Gasteiger partial charge in [0.15, 0.2) is 0 Å². The summed E-state index contributed by atoms with van der Waals surface area (Å²) in [6.07, 6.45) is 5.49. The van der Waals surface area contributed by atoms with Gasteiger partial charge in [0.25, 0.3) is 5.91 Å². The fourth-order valence-electron chi connectivity index (χ4n) is 5.53. The molecule has 0 spiro atoms. The number of fused-ring (bicyclic) bond motifs is 12. The molecule has 3 aliphatic heterocycles. The van der Waals surface area contributed by atoms with Crippen molar-refractivity contribution in [2.24, 2.45) is 5.92 Å². The standard InChI is InChI=1S/C31H41N7O4/c1-23(2)37-15-16-41-17-18-42-30-27(9-6-12-32-30)29(39)33-28(31(40)36-13-10-25(20-37)11-14-36)19-26-22-38(35-34-26)21-24-7-4-3-5-8-24/h3-9,12,22-23,25,28H,10-11,13-21H2,1-2H3,(H,33,39)/t28-/m1/s1. The van der Waals surface area contributed by atoms with Crippen molar-refractivity contribution in [1.82, 2.24) is 35.1 Å². The Kier molecular flexibility index (Phi) is 10.1. The van der Waals surface area contributed by atoms with Gasteiger partial charge in [-0.15, -0.1) is 5.10 Å². The smallest absolute Gasteiger partial charge is 0.257 e. The van der Waals surface area contributed by atoms with Crippen LogP contribution >= 0.6 is 0 Å². The van der Waals surface area contributed by atoms with Crippen LogP contribution in [0.1, 0.15) is 48.3 Å². The van der Waals surface area contributed by atoms with E-state index in [9.17, 15) is 9.59 Å². The van der Waals surface area contributed by atoms with E-state index in [1.807, 2.05) is 41.4 Å². The largest absolute Gasteiger partial charge is 0.475 e. The molecular weight excluding hydrogens is 534 g/mol. The summed E-state index contributed by atoms with van der Waals surface area (Å²) in [4.78, 5) is 36.0. The molecule has 1 fully saturated rings. The maximum Gasteiger partial charge on any atom is 0.257 e. The Balaban J connectivity index is 1.36. The van der Waals surface area contributed by atoms with Gasteiger partial charge in [-0.1, -0.05) is 35.5 Å². The molecule has 3 aliphatic rings. The zero-order valence-corrected chi connectivity index (χ0v) is 24.5. The Bertz CT molecular complexity index is 1310. The molecule has 2 bridgehead atoms. The lowest BCUT2D eigenvalue weighted by Gasteiger charge is -2.37. The van der Waals surface area contributed by atoms with Crippen molar-refractivity contribution in [2.45, 2.75) is 51.7 Å². The highest BCUT2D eigenvalue weighted by atomic mass is 16.5. The maximum absolute atomic E-state index is 13.9. The first-order valence-electron chi connectivity index (χ1n) is 14.9. The number of hydrogen-bond acceptors (Lipinski definition) is 8. The SMILES string of the molecule is CC(C)N1CCOCCOc2ncccc2C(=O)N[C@H](Cc2cn(Cc3ccccc3)nn2)C(=O)N2CCC(CC2)C1. The summed E-state index contributed by atoms with van der Waals surface area (Å²) in [6, 6.07) is 12.9. The fourth-order valence-corrected chi connectivity index (χ4v) is 5.53. The van der Waals surface area contributed by atoms with Crippen molar-refractivity contribution in [3.8, 4) is 5.88 Å². The maximum atomic E-state index is 13.9. The number of rotatable bonds is 5. The third-order valence-corrected chi connectivity index (χ3v) is 7.94. The van der Waals surface area contributed by atoms with Gasteiger partial charge in [0.1, 0.15) is 18.2 Å². The molecule has 0 saturated carbocycles. The second-order valence-corrected chi connectivity index (χ2v) is 11.3. The van der Waals surface area contributed by atoms with Gasteiger partial charge in [0, 0.05) is 51.0 Å². The molecular formula is C31H41N7O4. The Morgan fingerprint density at radius 3 is 2.60 bits per heavy atom. The Labute approximate surface area is 247 Å². The number of pyridine rings is 1. The van der Waals surface area contributed by atoms with Crippen molar-refractivity contribution in [2.75, 3.05) is 46.0 Å². The van der Waals surface area contributed by atoms with Gasteiger partial charge in [-0.3, -0.25) is 14.5 Å². The number of piperidine rings is 1. The molecule has 3 aromatic rings. The van der Waals surface area contributed by atoms with Crippen LogP contribution in [0, 0.1) is 5.92 Å². The van der Waals surface area contributed by atoms with E-state index in [4.69, 9.17) is 9.47 Å². The summed E-state index contributed by atoms with van der Waals surface area (Å²) in [5.41, 5.74) is 2.01. The molecule has 5 heterocycles. The predicted molar refractivity (Wildman–Crippen MR) is 157 cm³/mol. The zero-order chi connectivity index (χ0) is 29.3. The second-order valence-electron chi connectivity index (χ2n) is 11.3. The van der Waals surface area contributed by atoms with E-state index in [0.29, 0.717) is 50.5 Å². The highest BCUT2D eigenvalue weighted by molar-refractivity contribution is 5.99. The average molecular weight is 576 g/mol. The minimum Gasteiger partial charge on any atom is -0.475 e. The number of hydrogen-bond donors (Lipinski definition) is 1. The van der Waals surface area contributed by atoms with Gasteiger partial charge in [0.05, 0.1) is 25.5 Å². The van der Waals surface area contributed by atoms with E-state index in [1.54, 1.807) is 23.0 Å². The number of ether oxygens (including phenoxy) is 2. The van der Waals surface area contributed by atoms with Crippen molar-refractivity contribution in [3.05, 3.63) is 71.7 Å². The number of benzene rings is 1. The third-order valence-electron chi connectivity index (χ3n) is 7.94. The van der Waals surface area contributed by atoms with Crippen LogP contribution in [0.25, 0.3) is 0 Å². The van der Waals surface area contributed by atoms with E-state index >= 15 is 0 Å². The second kappa shape index (κ2) is 14.4. The quantitative estimate of drug-likeness (QED) is 0.462. The molecule has 2 aromatic heterocycles. The van der Waals surface area contributed by atoms with Crippen LogP contribution < -0.4 is 10.1 Å². The molecule has 224 valence electrons. The monoisotopic (exact) mass is 575 g/mol. The van der Waals surface area contributed by atoms with Gasteiger partial charge in [-0.25, -0.2) is 9.67 Å². The van der Waals surface area contributed by atoms with Crippen LogP contribution in [0.4, 0.5) is 0 Å². The number of carbonyl (C=O) groups excluding carboxylic acids is 2. The van der Waals surface area contributed by atoms with E-state index in [2.05, 4.69) is 39.4 Å². The number of amides is 2. The highest BCUT2D eigenvalue weighted by Crippen LogP contribution is 2.22. The number of nitrogens with zero attached hydrogens (tertiary/aromatic N) is 6. The van der Waals surface area contributed by atoms with Gasteiger partial charge in [-0.05, 0) is 50.3 Å². The van der Waals surface area contributed by atoms with Crippen LogP contribution in [0.3, 0.4) is 0 Å². The number of nitrogens with one attached hydrogen (secondary N) is 1. The van der Waals surface area contributed by atoms with E-state index in [1.165, 1.54) is 0 Å². The van der Waals surface area contributed by atoms with Gasteiger partial charge >= 0.3 is 0 Å². The average Bonchev–Trinajstić information content (AvgIpc) is 3.44. The molecule has 0 unspecified atom stereocenters. The summed E-state index contributed by atoms with van der Waals surface area (Å²) in [5.74, 6) is 0.186. The predicted octanol–water partition coefficient (Wildman–Crippen LogP) is 2.42. The molecule has 0 aliphatic carbocycles. The Morgan fingerprint density at radius 2 is 1.81 bits per heavy atom. The van der Waals surface area contributed by atoms with Crippen LogP contribution in [-0.2, 0) is 22.5 Å². The highest BCUT2D eigenvalue weighted by Gasteiger charge is 2.32. The van der Waals surface area contributed by atoms with E-state index < -0.39 is 11.9 Å². The lowest BCUT2D eigenvalue weighted by Crippen LogP contribution is -2.52. The molecule has 1 N–H and O–H groups in total. The Hall–Kier alpha value is -3.83. The van der Waals surface area contributed by atoms with Gasteiger partial charge in [-0.2, -0.15) is 0 Å². The minimum atomic E-state index is -0.807. The van der Waals surface area contributed by atoms with Crippen LogP contribution in [0.15, 0.2) is 54.9 Å². The summed E-state index contributed by atoms with van der Waals surface area (Å²) in [5, 5.41) is 11.6. The number of aromatic nitrogens is 4. The summed E-state index contributed by atoms with van der Waals surface area (Å²) >= 11 is 0. The molecule has 2 amide bonds. The molecule has 1 saturated heterocycles. The van der Waals surface area contributed by atoms with Crippen molar-refractivity contribution in [3.63, 3.8) is 0 Å². The molecule has 1 atom stereocenters. The third kappa shape index (κ3) is 7.92. The van der Waals surface area contributed by atoms with Crippen molar-refractivity contribution >= 4 is 11.8 Å². The first-order chi connectivity index (χ1) is 20.5. The molecule has 11 nitrogen and oxygen atoms in total. The molecule has 6 rings (SSSR count). The molecule has 11 heteroatoms. The lowest BCUT2D eigenvalue weighted by atomic mass is 9.95. The van der Waals surface area contributed by atoms with Crippen molar-refractivity contribution < 1.29 is 19.1 Å². The molecule has 1 aromatic carbocycles. The first-order valence-corrected chi connectivity index (χ1v) is 14.9. The Morgan fingerprint density at radius 1 is 1.00 bits per heavy atom. The van der Waals surface area contributed by atoms with E-state index in [-0.39, 0.29) is 30.4 Å². The van der Waals surface area contributed by atoms with Gasteiger partial charge in [0.2, 0.25) is 11.8 Å². The first kappa shape index (κ1) is 29.7. The summed E-state index contributed by atoms with van der Waals surface area (Å²) in [7, 11) is 0. The fraction of sp³-hybridized carbons (Fsp3) is 0.516. The normalized spacial score (nSPS) is 21.4.